The number of nitrogens with zero attached hydrogens (tertiary/aromatic N) is 2. The van der Waals surface area contributed by atoms with Crippen LogP contribution in [0.2, 0.25) is 5.02 Å². The Hall–Kier alpha value is -1.15. The molecule has 2 aliphatic carbocycles. The van der Waals surface area contributed by atoms with Gasteiger partial charge in [-0.25, -0.2) is 18.1 Å². The number of aliphatic hydroxyl groups is 1. The number of nitrogens with one attached hydrogen (secondary N) is 1. The predicted octanol–water partition coefficient (Wildman–Crippen LogP) is 1.13. The van der Waals surface area contributed by atoms with E-state index in [1.807, 2.05) is 0 Å². The predicted molar refractivity (Wildman–Crippen MR) is 82.1 cm³/mol. The summed E-state index contributed by atoms with van der Waals surface area (Å²) in [5.41, 5.74) is 0.626. The van der Waals surface area contributed by atoms with Crippen molar-refractivity contribution in [3.05, 3.63) is 35.4 Å². The average molecular weight is 342 g/mol. The Labute approximate surface area is 133 Å². The molecule has 0 amide bonds. The highest BCUT2D eigenvalue weighted by atomic mass is 35.5. The molecule has 2 aromatic rings. The highest BCUT2D eigenvalue weighted by Crippen LogP contribution is 2.60. The first-order valence-electron chi connectivity index (χ1n) is 7.08. The lowest BCUT2D eigenvalue weighted by Gasteiger charge is -2.27. The molecule has 2 aliphatic rings. The first-order chi connectivity index (χ1) is 10.3. The quantitative estimate of drug-likeness (QED) is 0.876. The Morgan fingerprint density at radius 2 is 2.14 bits per heavy atom. The van der Waals surface area contributed by atoms with Crippen LogP contribution in [0.1, 0.15) is 18.4 Å². The van der Waals surface area contributed by atoms with Gasteiger partial charge in [-0.05, 0) is 30.7 Å². The van der Waals surface area contributed by atoms with Gasteiger partial charge in [-0.2, -0.15) is 0 Å². The van der Waals surface area contributed by atoms with E-state index < -0.39 is 15.6 Å². The number of halogens is 1. The number of sulfonamides is 1. The van der Waals surface area contributed by atoms with Crippen molar-refractivity contribution in [2.45, 2.75) is 24.5 Å². The van der Waals surface area contributed by atoms with Crippen LogP contribution in [0, 0.1) is 11.8 Å². The van der Waals surface area contributed by atoms with E-state index in [2.05, 4.69) is 9.71 Å². The minimum absolute atomic E-state index is 0.0459. The first kappa shape index (κ1) is 14.4. The minimum Gasteiger partial charge on any atom is -0.385 e. The Balaban J connectivity index is 1.64. The molecule has 4 atom stereocenters. The lowest BCUT2D eigenvalue weighted by molar-refractivity contribution is 0.0300. The van der Waals surface area contributed by atoms with Gasteiger partial charge in [-0.1, -0.05) is 11.6 Å². The maximum absolute atomic E-state index is 11.3. The van der Waals surface area contributed by atoms with E-state index in [-0.39, 0.29) is 17.9 Å². The summed E-state index contributed by atoms with van der Waals surface area (Å²) in [5.74, 6) is 0.364. The summed E-state index contributed by atoms with van der Waals surface area (Å²) in [7, 11) is -3.20. The van der Waals surface area contributed by atoms with Gasteiger partial charge in [0.15, 0.2) is 0 Å². The van der Waals surface area contributed by atoms with Crippen LogP contribution in [-0.2, 0) is 15.6 Å². The second-order valence-corrected chi connectivity index (χ2v) is 8.66. The van der Waals surface area contributed by atoms with Gasteiger partial charge >= 0.3 is 0 Å². The van der Waals surface area contributed by atoms with Gasteiger partial charge in [-0.3, -0.25) is 0 Å². The Kier molecular flexibility index (Phi) is 2.92. The van der Waals surface area contributed by atoms with E-state index >= 15 is 0 Å². The number of aromatic nitrogens is 2. The number of hydrogen-bond acceptors (Lipinski definition) is 4. The second-order valence-electron chi connectivity index (χ2n) is 6.44. The van der Waals surface area contributed by atoms with E-state index in [1.54, 1.807) is 29.2 Å². The van der Waals surface area contributed by atoms with Gasteiger partial charge in [0, 0.05) is 17.8 Å². The molecule has 6 nitrogen and oxygen atoms in total. The maximum atomic E-state index is 11.3. The highest BCUT2D eigenvalue weighted by molar-refractivity contribution is 7.88. The molecule has 8 heteroatoms. The van der Waals surface area contributed by atoms with Crippen molar-refractivity contribution in [1.29, 1.82) is 0 Å². The number of imidazole rings is 1. The molecule has 0 unspecified atom stereocenters. The van der Waals surface area contributed by atoms with Crippen molar-refractivity contribution in [2.24, 2.45) is 11.8 Å². The molecule has 0 radical (unpaired) electrons. The zero-order valence-electron chi connectivity index (χ0n) is 11.9. The molecule has 2 aromatic heterocycles. The third-order valence-electron chi connectivity index (χ3n) is 4.82. The number of hydrogen-bond donors (Lipinski definition) is 2. The summed E-state index contributed by atoms with van der Waals surface area (Å²) >= 11 is 6.13. The van der Waals surface area contributed by atoms with Crippen LogP contribution in [0.5, 0.6) is 0 Å². The van der Waals surface area contributed by atoms with Crippen molar-refractivity contribution in [1.82, 2.24) is 14.1 Å². The summed E-state index contributed by atoms with van der Waals surface area (Å²) in [6, 6.07) is 1.73. The molecule has 0 saturated heterocycles. The minimum atomic E-state index is -3.20. The van der Waals surface area contributed by atoms with Gasteiger partial charge in [0.05, 0.1) is 34.9 Å². The molecular formula is C14H16ClN3O3S. The molecule has 2 fully saturated rings. The highest BCUT2D eigenvalue weighted by Gasteiger charge is 2.62. The van der Waals surface area contributed by atoms with Gasteiger partial charge in [0.1, 0.15) is 0 Å². The normalized spacial score (nSPS) is 34.0. The van der Waals surface area contributed by atoms with Crippen molar-refractivity contribution in [2.75, 3.05) is 6.26 Å². The van der Waals surface area contributed by atoms with Gasteiger partial charge < -0.3 is 9.51 Å². The summed E-state index contributed by atoms with van der Waals surface area (Å²) in [4.78, 5) is 4.10. The van der Waals surface area contributed by atoms with Gasteiger partial charge in [-0.15, -0.1) is 0 Å². The topological polar surface area (TPSA) is 83.7 Å². The molecule has 4 rings (SSSR count). The van der Waals surface area contributed by atoms with Gasteiger partial charge in [0.25, 0.3) is 0 Å². The first-order valence-corrected chi connectivity index (χ1v) is 9.35. The van der Waals surface area contributed by atoms with E-state index in [0.29, 0.717) is 17.9 Å². The summed E-state index contributed by atoms with van der Waals surface area (Å²) < 4.78 is 27.1. The van der Waals surface area contributed by atoms with E-state index in [9.17, 15) is 13.5 Å². The summed E-state index contributed by atoms with van der Waals surface area (Å²) in [5, 5.41) is 11.6. The molecular weight excluding hydrogens is 326 g/mol. The monoisotopic (exact) mass is 341 g/mol. The number of pyridine rings is 1. The zero-order valence-corrected chi connectivity index (χ0v) is 13.5. The second kappa shape index (κ2) is 4.44. The van der Waals surface area contributed by atoms with Crippen LogP contribution >= 0.6 is 11.6 Å². The summed E-state index contributed by atoms with van der Waals surface area (Å²) in [6.45, 7) is 0. The van der Waals surface area contributed by atoms with Crippen LogP contribution in [-0.4, -0.2) is 35.2 Å². The average Bonchev–Trinajstić information content (AvgIpc) is 2.83. The summed E-state index contributed by atoms with van der Waals surface area (Å²) in [6.07, 6.45) is 7.34. The van der Waals surface area contributed by atoms with E-state index in [1.165, 1.54) is 6.26 Å². The molecule has 2 saturated carbocycles. The standard InChI is InChI=1S/C14H16ClN3O3S/c1-22(20,21)17-13-9-3-14(19,4-10(9)13)11-2-8(15)6-18-7-16-5-12(11)18/h2,5-7,9-10,13,17,19H,3-4H2,1H3/t9-,10+,13+,14-. The molecule has 22 heavy (non-hydrogen) atoms. The lowest BCUT2D eigenvalue weighted by atomic mass is 9.88. The van der Waals surface area contributed by atoms with Crippen LogP contribution in [0.15, 0.2) is 24.8 Å². The van der Waals surface area contributed by atoms with Crippen LogP contribution in [0.25, 0.3) is 5.52 Å². The van der Waals surface area contributed by atoms with Crippen LogP contribution in [0.3, 0.4) is 0 Å². The Morgan fingerprint density at radius 1 is 1.45 bits per heavy atom. The van der Waals surface area contributed by atoms with Crippen molar-refractivity contribution >= 4 is 27.1 Å². The largest absolute Gasteiger partial charge is 0.385 e. The lowest BCUT2D eigenvalue weighted by Crippen LogP contribution is -2.33. The van der Waals surface area contributed by atoms with Crippen molar-refractivity contribution in [3.8, 4) is 0 Å². The molecule has 0 spiro atoms. The molecule has 2 heterocycles. The molecule has 0 aliphatic heterocycles. The third kappa shape index (κ3) is 2.23. The Morgan fingerprint density at radius 3 is 2.77 bits per heavy atom. The Bertz CT molecular complexity index is 851. The van der Waals surface area contributed by atoms with Gasteiger partial charge in [0.2, 0.25) is 10.0 Å². The van der Waals surface area contributed by atoms with Crippen molar-refractivity contribution < 1.29 is 13.5 Å². The third-order valence-corrected chi connectivity index (χ3v) is 5.72. The van der Waals surface area contributed by atoms with Crippen molar-refractivity contribution in [3.63, 3.8) is 0 Å². The molecule has 0 bridgehead atoms. The van der Waals surface area contributed by atoms with Crippen LogP contribution in [0.4, 0.5) is 0 Å². The maximum Gasteiger partial charge on any atom is 0.208 e. The molecule has 0 aromatic carbocycles. The van der Waals surface area contributed by atoms with Crippen LogP contribution < -0.4 is 4.72 Å². The fourth-order valence-corrected chi connectivity index (χ4v) is 4.94. The number of fused-ring (bicyclic) bond motifs is 2. The molecule has 118 valence electrons. The van der Waals surface area contributed by atoms with E-state index in [0.717, 1.165) is 11.1 Å². The van der Waals surface area contributed by atoms with E-state index in [4.69, 9.17) is 11.6 Å². The zero-order chi connectivity index (χ0) is 15.7. The fourth-order valence-electron chi connectivity index (χ4n) is 3.88. The smallest absolute Gasteiger partial charge is 0.208 e. The fraction of sp³-hybridized carbons (Fsp3) is 0.500. The SMILES string of the molecule is CS(=O)(=O)N[C@H]1[C@@H]2C[C@](O)(c3cc(Cl)cn4cncc34)C[C@@H]21. The molecule has 2 N–H and O–H groups in total. The number of rotatable bonds is 3.